The number of anilines is 1. The molecule has 1 spiro atoms. The quantitative estimate of drug-likeness (QED) is 0.684. The third kappa shape index (κ3) is 3.56. The lowest BCUT2D eigenvalue weighted by molar-refractivity contribution is -0.00580. The predicted molar refractivity (Wildman–Crippen MR) is 125 cm³/mol. The molecule has 2 aromatic carbocycles. The van der Waals surface area contributed by atoms with Crippen molar-refractivity contribution >= 4 is 23.3 Å². The highest BCUT2D eigenvalue weighted by Crippen LogP contribution is 2.49. The number of nitrogens with zero attached hydrogens (tertiary/aromatic N) is 1. The van der Waals surface area contributed by atoms with E-state index in [1.54, 1.807) is 18.2 Å². The average Bonchev–Trinajstić information content (AvgIpc) is 2.93. The highest BCUT2D eigenvalue weighted by molar-refractivity contribution is 6.30. The van der Waals surface area contributed by atoms with E-state index in [2.05, 4.69) is 24.0 Å². The van der Waals surface area contributed by atoms with E-state index in [9.17, 15) is 15.0 Å². The van der Waals surface area contributed by atoms with Crippen LogP contribution in [0.5, 0.6) is 5.75 Å². The van der Waals surface area contributed by atoms with Crippen LogP contribution in [0.2, 0.25) is 5.02 Å². The minimum Gasteiger partial charge on any atom is -0.490 e. The van der Waals surface area contributed by atoms with Gasteiger partial charge in [0, 0.05) is 30.1 Å². The molecule has 1 fully saturated rings. The Balaban J connectivity index is 1.57. The van der Waals surface area contributed by atoms with Crippen LogP contribution in [0, 0.1) is 11.3 Å². The molecule has 6 heteroatoms. The molecule has 5 rings (SSSR count). The summed E-state index contributed by atoms with van der Waals surface area (Å²) in [5.74, 6) is 0.156. The van der Waals surface area contributed by atoms with Gasteiger partial charge in [0.2, 0.25) is 0 Å². The standard InChI is InChI=1S/C26H30ClNO4/c1-25(15-29)10-8-19(25)13-28-14-26(9-2-3-17-11-20(27)5-6-21(17)26)16-32-23-7-4-18(24(30)31)12-22(23)28/h4-7,11-12,19,29H,2-3,8-10,13-16H2,1H3,(H,30,31)/t19-,25-,26?/m0/s1. The smallest absolute Gasteiger partial charge is 0.335 e. The molecule has 3 aliphatic rings. The van der Waals surface area contributed by atoms with Crippen molar-refractivity contribution in [2.24, 2.45) is 11.3 Å². The number of hydrogen-bond donors (Lipinski definition) is 2. The number of aromatic carboxylic acids is 1. The van der Waals surface area contributed by atoms with Crippen molar-refractivity contribution in [2.75, 3.05) is 31.2 Å². The Kier molecular flexibility index (Phi) is 5.37. The van der Waals surface area contributed by atoms with Crippen molar-refractivity contribution in [3.05, 3.63) is 58.1 Å². The molecule has 0 bridgehead atoms. The summed E-state index contributed by atoms with van der Waals surface area (Å²) in [4.78, 5) is 14.0. The van der Waals surface area contributed by atoms with Gasteiger partial charge in [0.05, 0.1) is 17.9 Å². The maximum Gasteiger partial charge on any atom is 0.335 e. The van der Waals surface area contributed by atoms with Crippen LogP contribution in [-0.2, 0) is 11.8 Å². The van der Waals surface area contributed by atoms with Gasteiger partial charge < -0.3 is 19.8 Å². The van der Waals surface area contributed by atoms with Crippen molar-refractivity contribution in [1.29, 1.82) is 0 Å². The predicted octanol–water partition coefficient (Wildman–Crippen LogP) is 4.92. The van der Waals surface area contributed by atoms with E-state index < -0.39 is 5.97 Å². The highest BCUT2D eigenvalue weighted by Gasteiger charge is 2.46. The number of carbonyl (C=O) groups is 1. The van der Waals surface area contributed by atoms with Crippen molar-refractivity contribution in [3.63, 3.8) is 0 Å². The highest BCUT2D eigenvalue weighted by atomic mass is 35.5. The van der Waals surface area contributed by atoms with Gasteiger partial charge in [-0.2, -0.15) is 0 Å². The molecule has 1 saturated carbocycles. The summed E-state index contributed by atoms with van der Waals surface area (Å²) in [6, 6.07) is 11.4. The van der Waals surface area contributed by atoms with Gasteiger partial charge in [-0.1, -0.05) is 24.6 Å². The number of benzene rings is 2. The minimum absolute atomic E-state index is 0.0805. The Labute approximate surface area is 194 Å². The molecule has 5 nitrogen and oxygen atoms in total. The van der Waals surface area contributed by atoms with Crippen LogP contribution in [0.15, 0.2) is 36.4 Å². The third-order valence-corrected chi connectivity index (χ3v) is 8.37. The first-order valence-electron chi connectivity index (χ1n) is 11.5. The molecular weight excluding hydrogens is 426 g/mol. The van der Waals surface area contributed by atoms with E-state index in [1.807, 2.05) is 6.07 Å². The molecule has 0 radical (unpaired) electrons. The zero-order chi connectivity index (χ0) is 22.5. The zero-order valence-corrected chi connectivity index (χ0v) is 19.2. The minimum atomic E-state index is -0.937. The number of ether oxygens (including phenoxy) is 1. The van der Waals surface area contributed by atoms with Crippen LogP contribution in [0.1, 0.15) is 54.1 Å². The van der Waals surface area contributed by atoms with Crippen molar-refractivity contribution in [3.8, 4) is 5.75 Å². The lowest BCUT2D eigenvalue weighted by atomic mass is 9.61. The van der Waals surface area contributed by atoms with Gasteiger partial charge in [-0.25, -0.2) is 4.79 Å². The average molecular weight is 456 g/mol. The number of aryl methyl sites for hydroxylation is 1. The molecule has 0 aromatic heterocycles. The van der Waals surface area contributed by atoms with Gasteiger partial charge >= 0.3 is 5.97 Å². The number of aliphatic hydroxyl groups excluding tert-OH is 1. The summed E-state index contributed by atoms with van der Waals surface area (Å²) in [5, 5.41) is 20.3. The lowest BCUT2D eigenvalue weighted by Gasteiger charge is -2.49. The van der Waals surface area contributed by atoms with Gasteiger partial charge in [0.15, 0.2) is 0 Å². The Hall–Kier alpha value is -2.24. The summed E-state index contributed by atoms with van der Waals surface area (Å²) in [5.41, 5.74) is 3.43. The van der Waals surface area contributed by atoms with Crippen molar-refractivity contribution in [2.45, 2.75) is 44.4 Å². The maximum absolute atomic E-state index is 11.7. The van der Waals surface area contributed by atoms with E-state index in [1.165, 1.54) is 11.1 Å². The maximum atomic E-state index is 11.7. The molecule has 0 amide bonds. The molecular formula is C26H30ClNO4. The Morgan fingerprint density at radius 3 is 2.81 bits per heavy atom. The number of carboxylic acid groups (broad SMARTS) is 1. The van der Waals surface area contributed by atoms with Gasteiger partial charge in [0.25, 0.3) is 0 Å². The first-order valence-corrected chi connectivity index (χ1v) is 11.9. The molecule has 1 heterocycles. The molecule has 32 heavy (non-hydrogen) atoms. The molecule has 0 saturated heterocycles. The lowest BCUT2D eigenvalue weighted by Crippen LogP contribution is -2.51. The molecule has 2 aromatic rings. The molecule has 1 unspecified atom stereocenters. The monoisotopic (exact) mass is 455 g/mol. The van der Waals surface area contributed by atoms with E-state index >= 15 is 0 Å². The number of rotatable bonds is 4. The van der Waals surface area contributed by atoms with Gasteiger partial charge in [-0.05, 0) is 84.9 Å². The first kappa shape index (κ1) is 21.6. The van der Waals surface area contributed by atoms with Crippen LogP contribution < -0.4 is 9.64 Å². The molecule has 170 valence electrons. The summed E-state index contributed by atoms with van der Waals surface area (Å²) >= 11 is 6.31. The number of fused-ring (bicyclic) bond motifs is 3. The van der Waals surface area contributed by atoms with Crippen molar-refractivity contribution in [1.82, 2.24) is 0 Å². The van der Waals surface area contributed by atoms with Crippen LogP contribution >= 0.6 is 11.6 Å². The molecule has 3 atom stereocenters. The van der Waals surface area contributed by atoms with Crippen LogP contribution in [-0.4, -0.2) is 42.5 Å². The number of halogens is 1. The van der Waals surface area contributed by atoms with E-state index in [0.29, 0.717) is 12.5 Å². The molecule has 1 aliphatic heterocycles. The van der Waals surface area contributed by atoms with Crippen LogP contribution in [0.3, 0.4) is 0 Å². The van der Waals surface area contributed by atoms with Gasteiger partial charge in [0.1, 0.15) is 5.75 Å². The first-order chi connectivity index (χ1) is 15.3. The topological polar surface area (TPSA) is 70.0 Å². The van der Waals surface area contributed by atoms with Gasteiger partial charge in [-0.3, -0.25) is 0 Å². The van der Waals surface area contributed by atoms with Gasteiger partial charge in [-0.15, -0.1) is 0 Å². The third-order valence-electron chi connectivity index (χ3n) is 8.14. The number of hydrogen-bond acceptors (Lipinski definition) is 4. The second-order valence-corrected chi connectivity index (χ2v) is 10.6. The summed E-state index contributed by atoms with van der Waals surface area (Å²) in [6.07, 6.45) is 5.19. The SMILES string of the molecule is C[C@@]1(CO)CC[C@H]1CN1CC2(CCCc3cc(Cl)ccc32)COc2ccc(C(=O)O)cc21. The zero-order valence-electron chi connectivity index (χ0n) is 18.4. The number of aliphatic hydroxyl groups is 1. The normalized spacial score (nSPS) is 28.8. The van der Waals surface area contributed by atoms with E-state index in [0.717, 1.165) is 61.7 Å². The fourth-order valence-corrected chi connectivity index (χ4v) is 6.07. The fourth-order valence-electron chi connectivity index (χ4n) is 5.87. The van der Waals surface area contributed by atoms with Crippen molar-refractivity contribution < 1.29 is 19.7 Å². The molecule has 2 N–H and O–H groups in total. The molecule has 2 aliphatic carbocycles. The summed E-state index contributed by atoms with van der Waals surface area (Å²) < 4.78 is 6.39. The van der Waals surface area contributed by atoms with E-state index in [4.69, 9.17) is 16.3 Å². The second kappa shape index (κ2) is 7.96. The van der Waals surface area contributed by atoms with Crippen LogP contribution in [0.4, 0.5) is 5.69 Å². The Morgan fingerprint density at radius 2 is 2.09 bits per heavy atom. The van der Waals surface area contributed by atoms with E-state index in [-0.39, 0.29) is 23.0 Å². The Morgan fingerprint density at radius 1 is 1.25 bits per heavy atom. The number of carboxylic acids is 1. The summed E-state index contributed by atoms with van der Waals surface area (Å²) in [7, 11) is 0. The summed E-state index contributed by atoms with van der Waals surface area (Å²) in [6.45, 7) is 4.42. The van der Waals surface area contributed by atoms with Crippen LogP contribution in [0.25, 0.3) is 0 Å². The largest absolute Gasteiger partial charge is 0.490 e. The fraction of sp³-hybridized carbons (Fsp3) is 0.500. The second-order valence-electron chi connectivity index (χ2n) is 10.1. The Bertz CT molecular complexity index is 1050.